The molecule has 2 aliphatic carbocycles. The van der Waals surface area contributed by atoms with E-state index in [0.717, 1.165) is 18.4 Å². The predicted molar refractivity (Wildman–Crippen MR) is 102 cm³/mol. The molecule has 3 atom stereocenters. The number of sulfonamides is 1. The third-order valence-electron chi connectivity index (χ3n) is 6.67. The first-order valence-corrected chi connectivity index (χ1v) is 10.8. The van der Waals surface area contributed by atoms with E-state index in [2.05, 4.69) is 30.3 Å². The summed E-state index contributed by atoms with van der Waals surface area (Å²) in [7, 11) is -3.46. The summed E-state index contributed by atoms with van der Waals surface area (Å²) in [5.74, 6) is 1.05. The number of aryl methyl sites for hydroxylation is 2. The SMILES string of the molecule is Cc1ccc(S(=O)(=O)N2C=C[C@@H]3[C@H]4c5ccccc5CC[C@@]34CC2)cc1. The van der Waals surface area contributed by atoms with Crippen molar-refractivity contribution >= 4 is 10.0 Å². The maximum atomic E-state index is 13.0. The number of allylic oxidation sites excluding steroid dienone is 1. The zero-order chi connectivity index (χ0) is 17.9. The molecule has 2 aromatic rings. The van der Waals surface area contributed by atoms with E-state index in [1.165, 1.54) is 17.5 Å². The minimum absolute atomic E-state index is 0.266. The molecule has 4 heteroatoms. The van der Waals surface area contributed by atoms with Crippen molar-refractivity contribution in [3.63, 3.8) is 0 Å². The molecule has 0 unspecified atom stereocenters. The van der Waals surface area contributed by atoms with Gasteiger partial charge in [-0.2, -0.15) is 0 Å². The van der Waals surface area contributed by atoms with Crippen molar-refractivity contribution in [3.05, 3.63) is 77.5 Å². The lowest BCUT2D eigenvalue weighted by Gasteiger charge is -2.27. The standard InChI is InChI=1S/C22H23NO2S/c1-16-6-8-18(9-7-16)26(24,25)23-14-11-20-21-19-5-3-2-4-17(19)10-12-22(20,21)13-15-23/h2-9,11,14,20-21H,10,12-13,15H2,1H3/t20-,21-,22-/m1/s1. The molecule has 0 N–H and O–H groups in total. The Hall–Kier alpha value is -2.07. The van der Waals surface area contributed by atoms with Gasteiger partial charge in [-0.1, -0.05) is 48.0 Å². The van der Waals surface area contributed by atoms with Crippen LogP contribution in [0.2, 0.25) is 0 Å². The summed E-state index contributed by atoms with van der Waals surface area (Å²) in [6, 6.07) is 15.9. The molecule has 1 spiro atoms. The average molecular weight is 365 g/mol. The largest absolute Gasteiger partial charge is 0.274 e. The monoisotopic (exact) mass is 365 g/mol. The Morgan fingerprint density at radius 1 is 1.04 bits per heavy atom. The van der Waals surface area contributed by atoms with Crippen LogP contribution in [0.3, 0.4) is 0 Å². The quantitative estimate of drug-likeness (QED) is 0.798. The van der Waals surface area contributed by atoms with Crippen LogP contribution in [-0.4, -0.2) is 19.3 Å². The van der Waals surface area contributed by atoms with Gasteiger partial charge in [0, 0.05) is 12.7 Å². The van der Waals surface area contributed by atoms with Crippen LogP contribution < -0.4 is 0 Å². The predicted octanol–water partition coefficient (Wildman–Crippen LogP) is 4.25. The molecule has 0 amide bonds. The van der Waals surface area contributed by atoms with Crippen molar-refractivity contribution in [2.45, 2.75) is 37.0 Å². The van der Waals surface area contributed by atoms with Gasteiger partial charge in [0.2, 0.25) is 0 Å². The molecular weight excluding hydrogens is 342 g/mol. The van der Waals surface area contributed by atoms with Gasteiger partial charge in [-0.05, 0) is 66.7 Å². The summed E-state index contributed by atoms with van der Waals surface area (Å²) in [5, 5.41) is 0. The van der Waals surface area contributed by atoms with E-state index >= 15 is 0 Å². The summed E-state index contributed by atoms with van der Waals surface area (Å²) >= 11 is 0. The second kappa shape index (κ2) is 5.46. The van der Waals surface area contributed by atoms with Gasteiger partial charge in [-0.3, -0.25) is 4.31 Å². The molecule has 1 fully saturated rings. The topological polar surface area (TPSA) is 37.4 Å². The molecule has 1 saturated carbocycles. The number of rotatable bonds is 2. The number of hydrogen-bond donors (Lipinski definition) is 0. The second-order valence-corrected chi connectivity index (χ2v) is 9.85. The van der Waals surface area contributed by atoms with Gasteiger partial charge >= 0.3 is 0 Å². The second-order valence-electron chi connectivity index (χ2n) is 7.96. The van der Waals surface area contributed by atoms with E-state index in [1.54, 1.807) is 16.4 Å². The van der Waals surface area contributed by atoms with Gasteiger partial charge in [-0.25, -0.2) is 8.42 Å². The molecule has 3 nitrogen and oxygen atoms in total. The zero-order valence-corrected chi connectivity index (χ0v) is 15.7. The number of nitrogens with zero attached hydrogens (tertiary/aromatic N) is 1. The summed E-state index contributed by atoms with van der Waals surface area (Å²) < 4.78 is 27.6. The highest BCUT2D eigenvalue weighted by Gasteiger charge is 2.65. The highest BCUT2D eigenvalue weighted by molar-refractivity contribution is 7.89. The van der Waals surface area contributed by atoms with Gasteiger partial charge in [-0.15, -0.1) is 0 Å². The van der Waals surface area contributed by atoms with Crippen molar-refractivity contribution in [1.29, 1.82) is 0 Å². The van der Waals surface area contributed by atoms with Crippen molar-refractivity contribution in [1.82, 2.24) is 4.31 Å². The van der Waals surface area contributed by atoms with E-state index in [-0.39, 0.29) is 5.41 Å². The lowest BCUT2D eigenvalue weighted by molar-refractivity contribution is 0.358. The Morgan fingerprint density at radius 3 is 2.62 bits per heavy atom. The van der Waals surface area contributed by atoms with E-state index in [4.69, 9.17) is 0 Å². The fraction of sp³-hybridized carbons (Fsp3) is 0.364. The minimum atomic E-state index is -3.46. The van der Waals surface area contributed by atoms with E-state index < -0.39 is 10.0 Å². The van der Waals surface area contributed by atoms with Crippen molar-refractivity contribution in [2.24, 2.45) is 11.3 Å². The molecule has 134 valence electrons. The summed E-state index contributed by atoms with van der Waals surface area (Å²) in [6.07, 6.45) is 7.21. The van der Waals surface area contributed by atoms with Crippen molar-refractivity contribution in [2.75, 3.05) is 6.54 Å². The van der Waals surface area contributed by atoms with E-state index in [1.807, 2.05) is 25.3 Å². The number of fused-ring (bicyclic) bond motifs is 3. The van der Waals surface area contributed by atoms with Crippen LogP contribution in [0.15, 0.2) is 65.7 Å². The first-order valence-electron chi connectivity index (χ1n) is 9.37. The summed E-state index contributed by atoms with van der Waals surface area (Å²) in [5.41, 5.74) is 4.30. The Morgan fingerprint density at radius 2 is 1.81 bits per heavy atom. The van der Waals surface area contributed by atoms with Crippen LogP contribution in [0.25, 0.3) is 0 Å². The van der Waals surface area contributed by atoms with Crippen LogP contribution in [0.4, 0.5) is 0 Å². The lowest BCUT2D eigenvalue weighted by atomic mass is 9.81. The molecule has 0 radical (unpaired) electrons. The first-order chi connectivity index (χ1) is 12.5. The molecule has 0 saturated heterocycles. The van der Waals surface area contributed by atoms with Gasteiger partial charge < -0.3 is 0 Å². The van der Waals surface area contributed by atoms with Crippen LogP contribution in [-0.2, 0) is 16.4 Å². The van der Waals surface area contributed by atoms with Crippen molar-refractivity contribution < 1.29 is 8.42 Å². The summed E-state index contributed by atoms with van der Waals surface area (Å²) in [6.45, 7) is 2.54. The molecule has 2 aromatic carbocycles. The molecule has 1 heterocycles. The molecule has 0 bridgehead atoms. The highest BCUT2D eigenvalue weighted by Crippen LogP contribution is 2.72. The lowest BCUT2D eigenvalue weighted by Crippen LogP contribution is -2.28. The molecule has 3 aliphatic rings. The first kappa shape index (κ1) is 16.1. The molecule has 0 aromatic heterocycles. The van der Waals surface area contributed by atoms with Gasteiger partial charge in [0.15, 0.2) is 0 Å². The van der Waals surface area contributed by atoms with Gasteiger partial charge in [0.05, 0.1) is 4.90 Å². The van der Waals surface area contributed by atoms with Gasteiger partial charge in [0.25, 0.3) is 10.0 Å². The summed E-state index contributed by atoms with van der Waals surface area (Å²) in [4.78, 5) is 0.381. The van der Waals surface area contributed by atoms with E-state index in [9.17, 15) is 8.42 Å². The Balaban J connectivity index is 1.45. The molecule has 26 heavy (non-hydrogen) atoms. The molecule has 5 rings (SSSR count). The van der Waals surface area contributed by atoms with Crippen LogP contribution in [0.5, 0.6) is 0 Å². The maximum Gasteiger partial charge on any atom is 0.263 e. The van der Waals surface area contributed by atoms with Crippen molar-refractivity contribution in [3.8, 4) is 0 Å². The number of benzene rings is 2. The normalized spacial score (nSPS) is 29.3. The Bertz CT molecular complexity index is 993. The minimum Gasteiger partial charge on any atom is -0.274 e. The average Bonchev–Trinajstić information content (AvgIpc) is 3.32. The maximum absolute atomic E-state index is 13.0. The molecular formula is C22H23NO2S. The fourth-order valence-corrected chi connectivity index (χ4v) is 6.47. The third kappa shape index (κ3) is 2.21. The Labute approximate surface area is 155 Å². The third-order valence-corrected chi connectivity index (χ3v) is 8.46. The van der Waals surface area contributed by atoms with E-state index in [0.29, 0.717) is 23.3 Å². The molecule has 1 aliphatic heterocycles. The van der Waals surface area contributed by atoms with Crippen LogP contribution in [0.1, 0.15) is 35.4 Å². The Kier molecular flexibility index (Phi) is 3.39. The number of hydrogen-bond acceptors (Lipinski definition) is 2. The van der Waals surface area contributed by atoms with Crippen LogP contribution >= 0.6 is 0 Å². The highest BCUT2D eigenvalue weighted by atomic mass is 32.2. The van der Waals surface area contributed by atoms with Crippen LogP contribution in [0, 0.1) is 18.3 Å². The van der Waals surface area contributed by atoms with Gasteiger partial charge in [0.1, 0.15) is 0 Å². The fourth-order valence-electron chi connectivity index (χ4n) is 5.16. The smallest absolute Gasteiger partial charge is 0.263 e. The zero-order valence-electron chi connectivity index (χ0n) is 14.9.